The average Bonchev–Trinajstić information content (AvgIpc) is 2.86. The van der Waals surface area contributed by atoms with Crippen molar-refractivity contribution >= 4 is 29.7 Å². The molecule has 0 bridgehead atoms. The van der Waals surface area contributed by atoms with Gasteiger partial charge in [0.15, 0.2) is 0 Å². The Balaban J connectivity index is 0.00000242. The first-order valence-electron chi connectivity index (χ1n) is 7.82. The Bertz CT molecular complexity index is 521. The third kappa shape index (κ3) is 4.03. The van der Waals surface area contributed by atoms with Crippen molar-refractivity contribution in [2.75, 3.05) is 13.6 Å². The van der Waals surface area contributed by atoms with Crippen LogP contribution in [0.15, 0.2) is 6.07 Å². The van der Waals surface area contributed by atoms with E-state index in [1.54, 1.807) is 16.2 Å². The molecule has 0 fully saturated rings. The smallest absolute Gasteiger partial charge is 0.263 e. The molecular weight excluding hydrogens is 316 g/mol. The van der Waals surface area contributed by atoms with Crippen LogP contribution in [0.5, 0.6) is 0 Å². The highest BCUT2D eigenvalue weighted by Gasteiger charge is 2.31. The molecule has 2 rings (SSSR count). The Morgan fingerprint density at radius 3 is 2.68 bits per heavy atom. The van der Waals surface area contributed by atoms with Gasteiger partial charge < -0.3 is 10.6 Å². The van der Waals surface area contributed by atoms with E-state index in [1.807, 2.05) is 14.0 Å². The third-order valence-corrected chi connectivity index (χ3v) is 6.07. The monoisotopic (exact) mass is 344 g/mol. The molecule has 126 valence electrons. The largest absolute Gasteiger partial charge is 0.337 e. The molecule has 1 aliphatic carbocycles. The highest BCUT2D eigenvalue weighted by Crippen LogP contribution is 2.40. The quantitative estimate of drug-likeness (QED) is 0.907. The second kappa shape index (κ2) is 7.33. The number of aryl methyl sites for hydroxylation is 1. The third-order valence-electron chi connectivity index (χ3n) is 4.84. The number of nitrogens with zero attached hydrogens (tertiary/aromatic N) is 1. The Morgan fingerprint density at radius 2 is 2.14 bits per heavy atom. The molecule has 3 nitrogen and oxygen atoms in total. The molecule has 0 spiro atoms. The van der Waals surface area contributed by atoms with Crippen LogP contribution in [-0.2, 0) is 12.8 Å². The minimum Gasteiger partial charge on any atom is -0.337 e. The first-order chi connectivity index (χ1) is 9.74. The number of carbonyl (C=O) groups is 1. The molecule has 2 unspecified atom stereocenters. The lowest BCUT2D eigenvalue weighted by atomic mass is 9.72. The zero-order valence-corrected chi connectivity index (χ0v) is 15.9. The summed E-state index contributed by atoms with van der Waals surface area (Å²) in [6, 6.07) is 2.21. The predicted octanol–water partition coefficient (Wildman–Crippen LogP) is 3.74. The van der Waals surface area contributed by atoms with E-state index in [0.29, 0.717) is 17.9 Å². The summed E-state index contributed by atoms with van der Waals surface area (Å²) in [5.41, 5.74) is 7.40. The van der Waals surface area contributed by atoms with E-state index in [1.165, 1.54) is 16.9 Å². The van der Waals surface area contributed by atoms with Gasteiger partial charge in [-0.3, -0.25) is 4.79 Å². The SMILES string of the molecule is CC(CN)N(C)C(=O)c1cc2c(s1)CCC(C(C)(C)C)C2.Cl. The number of halogens is 1. The lowest BCUT2D eigenvalue weighted by molar-refractivity contribution is 0.0753. The van der Waals surface area contributed by atoms with E-state index in [4.69, 9.17) is 5.73 Å². The lowest BCUT2D eigenvalue weighted by Crippen LogP contribution is -2.39. The Labute approximate surface area is 144 Å². The molecule has 1 aromatic heterocycles. The zero-order chi connectivity index (χ0) is 15.8. The average molecular weight is 345 g/mol. The van der Waals surface area contributed by atoms with Gasteiger partial charge in [-0.25, -0.2) is 0 Å². The molecule has 1 aromatic rings. The van der Waals surface area contributed by atoms with Gasteiger partial charge in [0, 0.05) is 24.5 Å². The maximum atomic E-state index is 12.5. The van der Waals surface area contributed by atoms with Gasteiger partial charge in [-0.05, 0) is 49.1 Å². The van der Waals surface area contributed by atoms with Crippen molar-refractivity contribution in [1.29, 1.82) is 0 Å². The van der Waals surface area contributed by atoms with Crippen LogP contribution in [0.1, 0.15) is 54.2 Å². The van der Waals surface area contributed by atoms with Crippen LogP contribution in [0.4, 0.5) is 0 Å². The highest BCUT2D eigenvalue weighted by atomic mass is 35.5. The molecular formula is C17H29ClN2OS. The normalized spacial score (nSPS) is 19.1. The molecule has 0 saturated heterocycles. The van der Waals surface area contributed by atoms with E-state index in [9.17, 15) is 4.79 Å². The van der Waals surface area contributed by atoms with E-state index in [2.05, 4.69) is 26.8 Å². The number of fused-ring (bicyclic) bond motifs is 1. The summed E-state index contributed by atoms with van der Waals surface area (Å²) in [7, 11) is 1.84. The first-order valence-corrected chi connectivity index (χ1v) is 8.64. The molecule has 0 aromatic carbocycles. The second-order valence-electron chi connectivity index (χ2n) is 7.37. The molecule has 1 aliphatic rings. The van der Waals surface area contributed by atoms with Crippen molar-refractivity contribution in [3.63, 3.8) is 0 Å². The van der Waals surface area contributed by atoms with Crippen LogP contribution >= 0.6 is 23.7 Å². The summed E-state index contributed by atoms with van der Waals surface area (Å²) in [4.78, 5) is 16.6. The Morgan fingerprint density at radius 1 is 1.50 bits per heavy atom. The number of hydrogen-bond donors (Lipinski definition) is 1. The highest BCUT2D eigenvalue weighted by molar-refractivity contribution is 7.14. The van der Waals surface area contributed by atoms with Gasteiger partial charge in [-0.15, -0.1) is 23.7 Å². The molecule has 2 atom stereocenters. The fourth-order valence-electron chi connectivity index (χ4n) is 2.90. The summed E-state index contributed by atoms with van der Waals surface area (Å²) >= 11 is 1.68. The van der Waals surface area contributed by atoms with Gasteiger partial charge in [0.2, 0.25) is 0 Å². The molecule has 1 amide bonds. The van der Waals surface area contributed by atoms with Gasteiger partial charge in [0.05, 0.1) is 4.88 Å². The molecule has 5 heteroatoms. The van der Waals surface area contributed by atoms with Crippen molar-refractivity contribution in [2.45, 2.75) is 53.0 Å². The van der Waals surface area contributed by atoms with Crippen LogP contribution in [-0.4, -0.2) is 30.4 Å². The van der Waals surface area contributed by atoms with Crippen LogP contribution in [0, 0.1) is 11.3 Å². The van der Waals surface area contributed by atoms with Crippen molar-refractivity contribution in [3.05, 3.63) is 21.4 Å². The van der Waals surface area contributed by atoms with Gasteiger partial charge >= 0.3 is 0 Å². The molecule has 2 N–H and O–H groups in total. The minimum absolute atomic E-state index is 0. The van der Waals surface area contributed by atoms with E-state index < -0.39 is 0 Å². The minimum atomic E-state index is 0. The van der Waals surface area contributed by atoms with Gasteiger partial charge in [0.1, 0.15) is 0 Å². The summed E-state index contributed by atoms with van der Waals surface area (Å²) in [5.74, 6) is 0.822. The fraction of sp³-hybridized carbons (Fsp3) is 0.706. The van der Waals surface area contributed by atoms with Crippen LogP contribution < -0.4 is 5.73 Å². The Hall–Kier alpha value is -0.580. The van der Waals surface area contributed by atoms with Gasteiger partial charge in [0.25, 0.3) is 5.91 Å². The topological polar surface area (TPSA) is 46.3 Å². The second-order valence-corrected chi connectivity index (χ2v) is 8.50. The predicted molar refractivity (Wildman–Crippen MR) is 97.1 cm³/mol. The Kier molecular flexibility index (Phi) is 6.48. The number of amides is 1. The summed E-state index contributed by atoms with van der Waals surface area (Å²) in [6.07, 6.45) is 3.46. The van der Waals surface area contributed by atoms with Gasteiger partial charge in [-0.1, -0.05) is 20.8 Å². The number of nitrogens with two attached hydrogens (primary N) is 1. The maximum absolute atomic E-state index is 12.5. The molecule has 1 heterocycles. The first kappa shape index (κ1) is 19.5. The van der Waals surface area contributed by atoms with Crippen LogP contribution in [0.2, 0.25) is 0 Å². The van der Waals surface area contributed by atoms with E-state index >= 15 is 0 Å². The standard InChI is InChI=1S/C17H28N2OS.ClH/c1-11(10-18)19(5)16(20)15-9-12-8-13(17(2,3)4)6-7-14(12)21-15;/h9,11,13H,6-8,10,18H2,1-5H3;1H. The summed E-state index contributed by atoms with van der Waals surface area (Å²) < 4.78 is 0. The number of carbonyl (C=O) groups excluding carboxylic acids is 1. The van der Waals surface area contributed by atoms with Crippen LogP contribution in [0.25, 0.3) is 0 Å². The molecule has 22 heavy (non-hydrogen) atoms. The summed E-state index contributed by atoms with van der Waals surface area (Å²) in [6.45, 7) is 9.44. The number of rotatable bonds is 3. The van der Waals surface area contributed by atoms with E-state index in [-0.39, 0.29) is 24.4 Å². The zero-order valence-electron chi connectivity index (χ0n) is 14.3. The fourth-order valence-corrected chi connectivity index (χ4v) is 4.09. The van der Waals surface area contributed by atoms with Crippen molar-refractivity contribution < 1.29 is 4.79 Å². The molecule has 0 aliphatic heterocycles. The number of thiophene rings is 1. The number of hydrogen-bond acceptors (Lipinski definition) is 3. The maximum Gasteiger partial charge on any atom is 0.263 e. The van der Waals surface area contributed by atoms with Gasteiger partial charge in [-0.2, -0.15) is 0 Å². The lowest BCUT2D eigenvalue weighted by Gasteiger charge is -2.33. The van der Waals surface area contributed by atoms with Crippen molar-refractivity contribution in [3.8, 4) is 0 Å². The number of likely N-dealkylation sites (N-methyl/N-ethyl adjacent to an activating group) is 1. The van der Waals surface area contributed by atoms with E-state index in [0.717, 1.165) is 17.7 Å². The molecule has 0 radical (unpaired) electrons. The summed E-state index contributed by atoms with van der Waals surface area (Å²) in [5, 5.41) is 0. The van der Waals surface area contributed by atoms with Crippen LogP contribution in [0.3, 0.4) is 0 Å². The molecule has 0 saturated carbocycles. The van der Waals surface area contributed by atoms with Crippen molar-refractivity contribution in [1.82, 2.24) is 4.90 Å². The van der Waals surface area contributed by atoms with Crippen molar-refractivity contribution in [2.24, 2.45) is 17.1 Å².